The van der Waals surface area contributed by atoms with E-state index in [1.165, 1.54) is 12.4 Å². The van der Waals surface area contributed by atoms with Crippen LogP contribution in [0.25, 0.3) is 0 Å². The standard InChI is InChI=1S/C20H19ClN4O2/c1-3-27-16-7-5-15(6-8-16)24-19-12-22-18(11-23-19)20(26)25-17-9-4-14(21)10-13(17)2/h4-12H,3H2,1-2H3,(H,23,24)(H,25,26). The van der Waals surface area contributed by atoms with E-state index in [1.54, 1.807) is 18.2 Å². The second-order valence-electron chi connectivity index (χ2n) is 5.78. The van der Waals surface area contributed by atoms with Crippen LogP contribution in [0.1, 0.15) is 23.0 Å². The second kappa shape index (κ2) is 8.51. The van der Waals surface area contributed by atoms with Gasteiger partial charge in [-0.25, -0.2) is 9.97 Å². The van der Waals surface area contributed by atoms with Crippen molar-refractivity contribution >= 4 is 34.7 Å². The molecule has 0 bridgehead atoms. The molecule has 0 unspecified atom stereocenters. The van der Waals surface area contributed by atoms with Crippen LogP contribution in [0.5, 0.6) is 5.75 Å². The Balaban J connectivity index is 1.64. The lowest BCUT2D eigenvalue weighted by atomic mass is 10.2. The van der Waals surface area contributed by atoms with Gasteiger partial charge >= 0.3 is 0 Å². The van der Waals surface area contributed by atoms with Gasteiger partial charge in [0.15, 0.2) is 0 Å². The molecule has 1 aromatic heterocycles. The fraction of sp³-hybridized carbons (Fsp3) is 0.150. The summed E-state index contributed by atoms with van der Waals surface area (Å²) in [5.74, 6) is 1.01. The van der Waals surface area contributed by atoms with Gasteiger partial charge in [-0.15, -0.1) is 0 Å². The normalized spacial score (nSPS) is 10.3. The van der Waals surface area contributed by atoms with Crippen molar-refractivity contribution in [3.8, 4) is 5.75 Å². The van der Waals surface area contributed by atoms with E-state index in [1.807, 2.05) is 38.1 Å². The summed E-state index contributed by atoms with van der Waals surface area (Å²) in [4.78, 5) is 20.8. The van der Waals surface area contributed by atoms with Gasteiger partial charge in [0.25, 0.3) is 5.91 Å². The average Bonchev–Trinajstić information content (AvgIpc) is 2.66. The van der Waals surface area contributed by atoms with Gasteiger partial charge in [0.05, 0.1) is 19.0 Å². The monoisotopic (exact) mass is 382 g/mol. The molecule has 3 rings (SSSR count). The molecule has 138 valence electrons. The summed E-state index contributed by atoms with van der Waals surface area (Å²) in [6, 6.07) is 12.8. The molecule has 0 saturated heterocycles. The highest BCUT2D eigenvalue weighted by atomic mass is 35.5. The molecule has 0 saturated carbocycles. The van der Waals surface area contributed by atoms with Gasteiger partial charge in [-0.3, -0.25) is 4.79 Å². The maximum Gasteiger partial charge on any atom is 0.275 e. The van der Waals surface area contributed by atoms with Crippen LogP contribution in [0, 0.1) is 6.92 Å². The van der Waals surface area contributed by atoms with Crippen LogP contribution in [0.3, 0.4) is 0 Å². The third kappa shape index (κ3) is 4.95. The van der Waals surface area contributed by atoms with Crippen LogP contribution < -0.4 is 15.4 Å². The van der Waals surface area contributed by atoms with Crippen molar-refractivity contribution in [2.24, 2.45) is 0 Å². The molecule has 0 aliphatic carbocycles. The lowest BCUT2D eigenvalue weighted by Gasteiger charge is -2.09. The lowest BCUT2D eigenvalue weighted by Crippen LogP contribution is -2.15. The second-order valence-corrected chi connectivity index (χ2v) is 6.22. The first kappa shape index (κ1) is 18.7. The molecule has 2 aromatic carbocycles. The Bertz CT molecular complexity index is 928. The number of rotatable bonds is 6. The van der Waals surface area contributed by atoms with E-state index < -0.39 is 0 Å². The predicted molar refractivity (Wildman–Crippen MR) is 107 cm³/mol. The van der Waals surface area contributed by atoms with E-state index in [4.69, 9.17) is 16.3 Å². The number of carbonyl (C=O) groups is 1. The van der Waals surface area contributed by atoms with Crippen molar-refractivity contribution in [3.63, 3.8) is 0 Å². The zero-order valence-corrected chi connectivity index (χ0v) is 15.7. The molecule has 1 heterocycles. The molecule has 27 heavy (non-hydrogen) atoms. The highest BCUT2D eigenvalue weighted by Crippen LogP contribution is 2.21. The Kier molecular flexibility index (Phi) is 5.88. The van der Waals surface area contributed by atoms with Crippen molar-refractivity contribution in [3.05, 3.63) is 71.1 Å². The van der Waals surface area contributed by atoms with Gasteiger partial charge < -0.3 is 15.4 Å². The Hall–Kier alpha value is -3.12. The highest BCUT2D eigenvalue weighted by molar-refractivity contribution is 6.30. The predicted octanol–water partition coefficient (Wildman–Crippen LogP) is 4.83. The summed E-state index contributed by atoms with van der Waals surface area (Å²) in [6.45, 7) is 4.43. The number of aryl methyl sites for hydroxylation is 1. The lowest BCUT2D eigenvalue weighted by molar-refractivity contribution is 0.102. The Morgan fingerprint density at radius 1 is 1.11 bits per heavy atom. The van der Waals surface area contributed by atoms with Crippen LogP contribution in [-0.2, 0) is 0 Å². The van der Waals surface area contributed by atoms with E-state index in [0.29, 0.717) is 23.1 Å². The minimum atomic E-state index is -0.333. The highest BCUT2D eigenvalue weighted by Gasteiger charge is 2.10. The van der Waals surface area contributed by atoms with E-state index in [-0.39, 0.29) is 11.6 Å². The van der Waals surface area contributed by atoms with Gasteiger partial charge in [0.1, 0.15) is 17.3 Å². The van der Waals surface area contributed by atoms with Gasteiger partial charge in [0.2, 0.25) is 0 Å². The summed E-state index contributed by atoms with van der Waals surface area (Å²) >= 11 is 5.93. The number of halogens is 1. The number of benzene rings is 2. The Morgan fingerprint density at radius 2 is 1.89 bits per heavy atom. The number of nitrogens with zero attached hydrogens (tertiary/aromatic N) is 2. The van der Waals surface area contributed by atoms with E-state index >= 15 is 0 Å². The number of hydrogen-bond donors (Lipinski definition) is 2. The zero-order chi connectivity index (χ0) is 19.2. The van der Waals surface area contributed by atoms with Crippen molar-refractivity contribution in [2.75, 3.05) is 17.2 Å². The first-order valence-electron chi connectivity index (χ1n) is 8.44. The first-order valence-corrected chi connectivity index (χ1v) is 8.82. The van der Waals surface area contributed by atoms with Crippen molar-refractivity contribution in [1.29, 1.82) is 0 Å². The number of hydrogen-bond acceptors (Lipinski definition) is 5. The third-order valence-corrected chi connectivity index (χ3v) is 3.99. The average molecular weight is 383 g/mol. The minimum Gasteiger partial charge on any atom is -0.494 e. The van der Waals surface area contributed by atoms with Crippen molar-refractivity contribution in [2.45, 2.75) is 13.8 Å². The molecule has 0 atom stereocenters. The summed E-state index contributed by atoms with van der Waals surface area (Å²) in [7, 11) is 0. The molecule has 6 nitrogen and oxygen atoms in total. The maximum atomic E-state index is 12.3. The number of amides is 1. The molecule has 2 N–H and O–H groups in total. The van der Waals surface area contributed by atoms with Gasteiger partial charge in [0, 0.05) is 16.4 Å². The van der Waals surface area contributed by atoms with Crippen LogP contribution in [0.4, 0.5) is 17.2 Å². The molecule has 1 amide bonds. The molecule has 3 aromatic rings. The number of carbonyl (C=O) groups excluding carboxylic acids is 1. The quantitative estimate of drug-likeness (QED) is 0.638. The van der Waals surface area contributed by atoms with Crippen molar-refractivity contribution < 1.29 is 9.53 Å². The van der Waals surface area contributed by atoms with Gasteiger partial charge in [-0.1, -0.05) is 11.6 Å². The maximum absolute atomic E-state index is 12.3. The molecule has 0 fully saturated rings. The number of ether oxygens (including phenoxy) is 1. The van der Waals surface area contributed by atoms with E-state index in [9.17, 15) is 4.79 Å². The SMILES string of the molecule is CCOc1ccc(Nc2cnc(C(=O)Nc3ccc(Cl)cc3C)cn2)cc1. The minimum absolute atomic E-state index is 0.224. The van der Waals surface area contributed by atoms with Crippen LogP contribution in [-0.4, -0.2) is 22.5 Å². The Morgan fingerprint density at radius 3 is 2.52 bits per heavy atom. The number of nitrogens with one attached hydrogen (secondary N) is 2. The third-order valence-electron chi connectivity index (χ3n) is 3.76. The summed E-state index contributed by atoms with van der Waals surface area (Å²) < 4.78 is 5.41. The number of aromatic nitrogens is 2. The van der Waals surface area contributed by atoms with Crippen LogP contribution in [0.15, 0.2) is 54.9 Å². The Labute approximate surface area is 162 Å². The van der Waals surface area contributed by atoms with Gasteiger partial charge in [-0.2, -0.15) is 0 Å². The fourth-order valence-electron chi connectivity index (χ4n) is 2.41. The molecule has 0 aliphatic rings. The summed E-state index contributed by atoms with van der Waals surface area (Å²) in [5.41, 5.74) is 2.63. The van der Waals surface area contributed by atoms with Crippen LogP contribution in [0.2, 0.25) is 5.02 Å². The number of anilines is 3. The smallest absolute Gasteiger partial charge is 0.275 e. The topological polar surface area (TPSA) is 76.1 Å². The molecule has 0 aliphatic heterocycles. The largest absolute Gasteiger partial charge is 0.494 e. The summed E-state index contributed by atoms with van der Waals surface area (Å²) in [5, 5.41) is 6.56. The first-order chi connectivity index (χ1) is 13.0. The molecule has 0 radical (unpaired) electrons. The van der Waals surface area contributed by atoms with Crippen LogP contribution >= 0.6 is 11.6 Å². The van der Waals surface area contributed by atoms with E-state index in [0.717, 1.165) is 17.0 Å². The van der Waals surface area contributed by atoms with Crippen molar-refractivity contribution in [1.82, 2.24) is 9.97 Å². The van der Waals surface area contributed by atoms with Gasteiger partial charge in [-0.05, 0) is 61.9 Å². The zero-order valence-electron chi connectivity index (χ0n) is 15.0. The fourth-order valence-corrected chi connectivity index (χ4v) is 2.64. The molecule has 0 spiro atoms. The molecular formula is C20H19ClN4O2. The summed E-state index contributed by atoms with van der Waals surface area (Å²) in [6.07, 6.45) is 2.94. The molecule has 7 heteroatoms. The van der Waals surface area contributed by atoms with E-state index in [2.05, 4.69) is 20.6 Å². The molecular weight excluding hydrogens is 364 g/mol.